The minimum Gasteiger partial charge on any atom is -0.312 e. The first-order chi connectivity index (χ1) is 9.63. The third kappa shape index (κ3) is 3.85. The molecule has 0 spiro atoms. The van der Waals surface area contributed by atoms with Gasteiger partial charge in [-0.2, -0.15) is 5.10 Å². The van der Waals surface area contributed by atoms with Crippen molar-refractivity contribution >= 4 is 15.9 Å². The van der Waals surface area contributed by atoms with Crippen LogP contribution >= 0.6 is 15.9 Å². The molecule has 2 rings (SSSR count). The van der Waals surface area contributed by atoms with Crippen molar-refractivity contribution < 1.29 is 0 Å². The molecule has 0 saturated heterocycles. The fraction of sp³-hybridized carbons (Fsp3) is 0.812. The van der Waals surface area contributed by atoms with Crippen LogP contribution in [0.25, 0.3) is 0 Å². The quantitative estimate of drug-likeness (QED) is 0.801. The molecule has 1 aliphatic rings. The third-order valence-electron chi connectivity index (χ3n) is 4.54. The molecule has 0 bridgehead atoms. The molecule has 3 nitrogen and oxygen atoms in total. The topological polar surface area (TPSA) is 29.9 Å². The Balaban J connectivity index is 2.02. The van der Waals surface area contributed by atoms with E-state index >= 15 is 0 Å². The summed E-state index contributed by atoms with van der Waals surface area (Å²) in [5.41, 5.74) is 1.30. The van der Waals surface area contributed by atoms with E-state index < -0.39 is 0 Å². The van der Waals surface area contributed by atoms with Crippen LogP contribution in [0.3, 0.4) is 0 Å². The zero-order valence-corrected chi connectivity index (χ0v) is 14.6. The maximum absolute atomic E-state index is 4.51. The molecule has 0 amide bonds. The largest absolute Gasteiger partial charge is 0.312 e. The zero-order valence-electron chi connectivity index (χ0n) is 13.0. The Hall–Kier alpha value is -0.350. The predicted octanol–water partition coefficient (Wildman–Crippen LogP) is 4.85. The molecule has 4 heteroatoms. The van der Waals surface area contributed by atoms with Crippen LogP contribution in [0.15, 0.2) is 10.7 Å². The van der Waals surface area contributed by atoms with Crippen molar-refractivity contribution in [1.82, 2.24) is 15.1 Å². The second-order valence-corrected chi connectivity index (χ2v) is 7.19. The minimum absolute atomic E-state index is 0.399. The van der Waals surface area contributed by atoms with E-state index in [0.29, 0.717) is 12.1 Å². The number of nitrogens with zero attached hydrogens (tertiary/aromatic N) is 2. The number of hydrogen-bond acceptors (Lipinski definition) is 2. The Morgan fingerprint density at radius 3 is 2.65 bits per heavy atom. The van der Waals surface area contributed by atoms with Crippen molar-refractivity contribution in [1.29, 1.82) is 0 Å². The van der Waals surface area contributed by atoms with Gasteiger partial charge in [0, 0.05) is 6.04 Å². The van der Waals surface area contributed by atoms with Crippen molar-refractivity contribution in [2.45, 2.75) is 70.9 Å². The van der Waals surface area contributed by atoms with Gasteiger partial charge in [-0.15, -0.1) is 0 Å². The highest BCUT2D eigenvalue weighted by Crippen LogP contribution is 2.33. The number of halogens is 1. The minimum atomic E-state index is 0.399. The van der Waals surface area contributed by atoms with E-state index in [9.17, 15) is 0 Å². The number of aromatic nitrogens is 2. The van der Waals surface area contributed by atoms with Gasteiger partial charge in [0.05, 0.1) is 22.4 Å². The average molecular weight is 342 g/mol. The molecule has 0 radical (unpaired) electrons. The highest BCUT2D eigenvalue weighted by Gasteiger charge is 2.22. The summed E-state index contributed by atoms with van der Waals surface area (Å²) >= 11 is 3.67. The summed E-state index contributed by atoms with van der Waals surface area (Å²) in [6, 6.07) is 0.804. The highest BCUT2D eigenvalue weighted by atomic mass is 79.9. The molecule has 1 unspecified atom stereocenters. The molecule has 1 heterocycles. The molecule has 20 heavy (non-hydrogen) atoms. The molecule has 114 valence electrons. The van der Waals surface area contributed by atoms with Gasteiger partial charge in [0.1, 0.15) is 0 Å². The standard InChI is InChI=1S/C16H28BrN3/c1-12(2)20-16(14(17)11-19-20)15(18-3)10-9-13-7-5-4-6-8-13/h11-13,15,18H,4-10H2,1-3H3. The lowest BCUT2D eigenvalue weighted by Gasteiger charge is -2.25. The third-order valence-corrected chi connectivity index (χ3v) is 5.15. The summed E-state index contributed by atoms with van der Waals surface area (Å²) in [6.07, 6.45) is 11.6. The lowest BCUT2D eigenvalue weighted by Crippen LogP contribution is -2.23. The van der Waals surface area contributed by atoms with Crippen LogP contribution < -0.4 is 5.32 Å². The van der Waals surface area contributed by atoms with E-state index in [2.05, 4.69) is 51.9 Å². The first-order valence-electron chi connectivity index (χ1n) is 8.03. The Morgan fingerprint density at radius 2 is 2.05 bits per heavy atom. The van der Waals surface area contributed by atoms with E-state index in [1.165, 1.54) is 50.6 Å². The fourth-order valence-corrected chi connectivity index (χ4v) is 3.93. The Bertz CT molecular complexity index is 408. The summed E-state index contributed by atoms with van der Waals surface area (Å²) in [5, 5.41) is 8.00. The van der Waals surface area contributed by atoms with E-state index in [1.54, 1.807) is 0 Å². The summed E-state index contributed by atoms with van der Waals surface area (Å²) in [6.45, 7) is 4.38. The molecule has 1 aromatic rings. The van der Waals surface area contributed by atoms with Crippen LogP contribution in [0.1, 0.15) is 76.6 Å². The first kappa shape index (κ1) is 16.0. The van der Waals surface area contributed by atoms with Crippen LogP contribution in [0.5, 0.6) is 0 Å². The molecule has 1 aromatic heterocycles. The van der Waals surface area contributed by atoms with E-state index in [0.717, 1.165) is 10.4 Å². The van der Waals surface area contributed by atoms with Crippen LogP contribution in [0.4, 0.5) is 0 Å². The van der Waals surface area contributed by atoms with Gasteiger partial charge in [-0.25, -0.2) is 0 Å². The smallest absolute Gasteiger partial charge is 0.0698 e. The van der Waals surface area contributed by atoms with Crippen LogP contribution in [-0.4, -0.2) is 16.8 Å². The normalized spacial score (nSPS) is 18.6. The van der Waals surface area contributed by atoms with Crippen molar-refractivity contribution in [3.63, 3.8) is 0 Å². The Labute approximate surface area is 131 Å². The van der Waals surface area contributed by atoms with Crippen LogP contribution in [0.2, 0.25) is 0 Å². The summed E-state index contributed by atoms with van der Waals surface area (Å²) in [5.74, 6) is 0.939. The molecule has 1 saturated carbocycles. The van der Waals surface area contributed by atoms with Gasteiger partial charge < -0.3 is 5.32 Å². The summed E-state index contributed by atoms with van der Waals surface area (Å²) in [7, 11) is 2.07. The summed E-state index contributed by atoms with van der Waals surface area (Å²) < 4.78 is 3.28. The molecule has 0 aromatic carbocycles. The molecular weight excluding hydrogens is 314 g/mol. The number of nitrogens with one attached hydrogen (secondary N) is 1. The molecule has 0 aliphatic heterocycles. The maximum atomic E-state index is 4.51. The van der Waals surface area contributed by atoms with Gasteiger partial charge in [-0.05, 0) is 55.6 Å². The molecule has 1 aliphatic carbocycles. The lowest BCUT2D eigenvalue weighted by atomic mass is 9.85. The second-order valence-electron chi connectivity index (χ2n) is 6.34. The molecule has 1 atom stereocenters. The van der Waals surface area contributed by atoms with Gasteiger partial charge in [0.2, 0.25) is 0 Å². The number of rotatable bonds is 6. The number of hydrogen-bond donors (Lipinski definition) is 1. The average Bonchev–Trinajstić information content (AvgIpc) is 2.83. The van der Waals surface area contributed by atoms with Gasteiger partial charge in [0.25, 0.3) is 0 Å². The molecular formula is C16H28BrN3. The van der Waals surface area contributed by atoms with Gasteiger partial charge >= 0.3 is 0 Å². The summed E-state index contributed by atoms with van der Waals surface area (Å²) in [4.78, 5) is 0. The van der Waals surface area contributed by atoms with Crippen LogP contribution in [-0.2, 0) is 0 Å². The second kappa shape index (κ2) is 7.60. The lowest BCUT2D eigenvalue weighted by molar-refractivity contribution is 0.312. The maximum Gasteiger partial charge on any atom is 0.0698 e. The van der Waals surface area contributed by atoms with Gasteiger partial charge in [-0.3, -0.25) is 4.68 Å². The van der Waals surface area contributed by atoms with Crippen molar-refractivity contribution in [2.75, 3.05) is 7.05 Å². The van der Waals surface area contributed by atoms with Crippen molar-refractivity contribution in [3.05, 3.63) is 16.4 Å². The van der Waals surface area contributed by atoms with Gasteiger partial charge in [-0.1, -0.05) is 32.1 Å². The highest BCUT2D eigenvalue weighted by molar-refractivity contribution is 9.10. The fourth-order valence-electron chi connectivity index (χ4n) is 3.38. The first-order valence-corrected chi connectivity index (χ1v) is 8.83. The molecule has 1 N–H and O–H groups in total. The zero-order chi connectivity index (χ0) is 14.5. The van der Waals surface area contributed by atoms with Crippen molar-refractivity contribution in [3.8, 4) is 0 Å². The monoisotopic (exact) mass is 341 g/mol. The molecule has 1 fully saturated rings. The van der Waals surface area contributed by atoms with E-state index in [-0.39, 0.29) is 0 Å². The van der Waals surface area contributed by atoms with E-state index in [1.807, 2.05) is 6.20 Å². The van der Waals surface area contributed by atoms with Crippen LogP contribution in [0, 0.1) is 5.92 Å². The predicted molar refractivity (Wildman–Crippen MR) is 87.9 cm³/mol. The Kier molecular flexibility index (Phi) is 6.09. The van der Waals surface area contributed by atoms with E-state index in [4.69, 9.17) is 0 Å². The van der Waals surface area contributed by atoms with Crippen molar-refractivity contribution in [2.24, 2.45) is 5.92 Å². The SMILES string of the molecule is CNC(CCC1CCCCC1)c1c(Br)cnn1C(C)C. The Morgan fingerprint density at radius 1 is 1.35 bits per heavy atom. The van der Waals surface area contributed by atoms with Gasteiger partial charge in [0.15, 0.2) is 0 Å².